The van der Waals surface area contributed by atoms with Crippen molar-refractivity contribution in [3.8, 4) is 22.9 Å². The van der Waals surface area contributed by atoms with Gasteiger partial charge in [0.15, 0.2) is 28.3 Å². The summed E-state index contributed by atoms with van der Waals surface area (Å²) in [6.07, 6.45) is 0. The van der Waals surface area contributed by atoms with Gasteiger partial charge in [0, 0.05) is 5.56 Å². The molecule has 1 aromatic heterocycles. The fraction of sp³-hybridized carbons (Fsp3) is 0.231. The van der Waals surface area contributed by atoms with Crippen LogP contribution in [0.15, 0.2) is 12.1 Å². The summed E-state index contributed by atoms with van der Waals surface area (Å²) in [5.74, 6) is 0.409. The van der Waals surface area contributed by atoms with Gasteiger partial charge in [-0.05, 0) is 19.1 Å². The van der Waals surface area contributed by atoms with Crippen molar-refractivity contribution >= 4 is 23.2 Å². The number of methoxy groups -OCH3 is 2. The van der Waals surface area contributed by atoms with Gasteiger partial charge < -0.3 is 9.47 Å². The third-order valence-corrected chi connectivity index (χ3v) is 3.33. The molecule has 0 saturated carbocycles. The second-order valence-corrected chi connectivity index (χ2v) is 4.64. The van der Waals surface area contributed by atoms with Crippen molar-refractivity contribution in [1.82, 2.24) is 9.97 Å². The lowest BCUT2D eigenvalue weighted by atomic mass is 10.1. The molecule has 0 radical (unpaired) electrons. The number of rotatable bonds is 3. The molecule has 0 spiro atoms. The average molecular weight is 317 g/mol. The van der Waals surface area contributed by atoms with E-state index in [1.807, 2.05) is 0 Å². The minimum atomic E-state index is -0.646. The Labute approximate surface area is 125 Å². The zero-order chi connectivity index (χ0) is 14.9. The van der Waals surface area contributed by atoms with Crippen LogP contribution in [0.2, 0.25) is 10.2 Å². The van der Waals surface area contributed by atoms with Crippen LogP contribution >= 0.6 is 23.2 Å². The largest absolute Gasteiger partial charge is 0.493 e. The van der Waals surface area contributed by atoms with Crippen molar-refractivity contribution in [2.24, 2.45) is 0 Å². The quantitative estimate of drug-likeness (QED) is 0.805. The predicted molar refractivity (Wildman–Crippen MR) is 75.3 cm³/mol. The van der Waals surface area contributed by atoms with E-state index in [1.54, 1.807) is 12.1 Å². The molecular weight excluding hydrogens is 306 g/mol. The van der Waals surface area contributed by atoms with Gasteiger partial charge in [-0.15, -0.1) is 0 Å². The number of aromatic nitrogens is 2. The molecule has 106 valence electrons. The number of halogens is 3. The SMILES string of the molecule is COc1ccc(-c2nc(C)c(F)c(Cl)n2)c(Cl)c1OC. The molecule has 0 fully saturated rings. The lowest BCUT2D eigenvalue weighted by Crippen LogP contribution is -1.99. The van der Waals surface area contributed by atoms with E-state index in [2.05, 4.69) is 9.97 Å². The Bertz CT molecular complexity index is 642. The fourth-order valence-corrected chi connectivity index (χ4v) is 2.24. The maximum atomic E-state index is 13.5. The normalized spacial score (nSPS) is 10.5. The van der Waals surface area contributed by atoms with Gasteiger partial charge in [0.25, 0.3) is 0 Å². The molecule has 0 N–H and O–H groups in total. The van der Waals surface area contributed by atoms with Crippen molar-refractivity contribution < 1.29 is 13.9 Å². The molecular formula is C13H11Cl2FN2O2. The first-order valence-corrected chi connectivity index (χ1v) is 6.35. The Morgan fingerprint density at radius 2 is 1.80 bits per heavy atom. The molecule has 7 heteroatoms. The lowest BCUT2D eigenvalue weighted by molar-refractivity contribution is 0.355. The van der Waals surface area contributed by atoms with Gasteiger partial charge in [-0.2, -0.15) is 0 Å². The molecule has 4 nitrogen and oxygen atoms in total. The van der Waals surface area contributed by atoms with E-state index in [9.17, 15) is 4.39 Å². The highest BCUT2D eigenvalue weighted by atomic mass is 35.5. The zero-order valence-electron chi connectivity index (χ0n) is 11.0. The van der Waals surface area contributed by atoms with E-state index < -0.39 is 5.82 Å². The van der Waals surface area contributed by atoms with Gasteiger partial charge in [-0.1, -0.05) is 23.2 Å². The molecule has 20 heavy (non-hydrogen) atoms. The summed E-state index contributed by atoms with van der Waals surface area (Å²) in [7, 11) is 2.97. The van der Waals surface area contributed by atoms with Crippen molar-refractivity contribution in [2.45, 2.75) is 6.92 Å². The Balaban J connectivity index is 2.65. The highest BCUT2D eigenvalue weighted by molar-refractivity contribution is 6.35. The van der Waals surface area contributed by atoms with Crippen LogP contribution in [0.5, 0.6) is 11.5 Å². The number of ether oxygens (including phenoxy) is 2. The van der Waals surface area contributed by atoms with Crippen LogP contribution in [-0.4, -0.2) is 24.2 Å². The molecule has 1 aromatic carbocycles. The van der Waals surface area contributed by atoms with E-state index in [1.165, 1.54) is 21.1 Å². The molecule has 0 amide bonds. The maximum absolute atomic E-state index is 13.5. The topological polar surface area (TPSA) is 44.2 Å². The lowest BCUT2D eigenvalue weighted by Gasteiger charge is -2.12. The number of benzene rings is 1. The minimum Gasteiger partial charge on any atom is -0.493 e. The smallest absolute Gasteiger partial charge is 0.181 e. The van der Waals surface area contributed by atoms with Crippen molar-refractivity contribution in [2.75, 3.05) is 14.2 Å². The summed E-state index contributed by atoms with van der Waals surface area (Å²) >= 11 is 12.0. The van der Waals surface area contributed by atoms with Crippen LogP contribution < -0.4 is 9.47 Å². The minimum absolute atomic E-state index is 0.144. The van der Waals surface area contributed by atoms with E-state index in [0.29, 0.717) is 17.1 Å². The number of hydrogen-bond acceptors (Lipinski definition) is 4. The third-order valence-electron chi connectivity index (χ3n) is 2.70. The molecule has 0 aliphatic rings. The Kier molecular flexibility index (Phi) is 4.30. The van der Waals surface area contributed by atoms with Crippen LogP contribution in [0.1, 0.15) is 5.69 Å². The number of aryl methyl sites for hydroxylation is 1. The van der Waals surface area contributed by atoms with Crippen LogP contribution in [0, 0.1) is 12.7 Å². The van der Waals surface area contributed by atoms with Crippen molar-refractivity contribution in [1.29, 1.82) is 0 Å². The maximum Gasteiger partial charge on any atom is 0.181 e. The summed E-state index contributed by atoms with van der Waals surface area (Å²) in [6.45, 7) is 1.50. The molecule has 0 bridgehead atoms. The van der Waals surface area contributed by atoms with Crippen LogP contribution in [0.25, 0.3) is 11.4 Å². The van der Waals surface area contributed by atoms with Gasteiger partial charge >= 0.3 is 0 Å². The Hall–Kier alpha value is -1.59. The third kappa shape index (κ3) is 2.51. The van der Waals surface area contributed by atoms with E-state index in [4.69, 9.17) is 32.7 Å². The predicted octanol–water partition coefficient (Wildman–Crippen LogP) is 3.92. The summed E-state index contributed by atoms with van der Waals surface area (Å²) in [4.78, 5) is 7.94. The first-order valence-electron chi connectivity index (χ1n) is 5.60. The standard InChI is InChI=1S/C13H11Cl2FN2O2/c1-6-10(16)12(15)18-13(17-6)7-4-5-8(19-2)11(20-3)9(7)14/h4-5H,1-3H3. The second kappa shape index (κ2) is 5.81. The Morgan fingerprint density at radius 1 is 1.10 bits per heavy atom. The highest BCUT2D eigenvalue weighted by Crippen LogP contribution is 2.41. The van der Waals surface area contributed by atoms with Gasteiger partial charge in [0.1, 0.15) is 0 Å². The first-order chi connectivity index (χ1) is 9.49. The monoisotopic (exact) mass is 316 g/mol. The molecule has 2 aromatic rings. The number of hydrogen-bond donors (Lipinski definition) is 0. The number of nitrogens with zero attached hydrogens (tertiary/aromatic N) is 2. The average Bonchev–Trinajstić information content (AvgIpc) is 2.43. The molecule has 0 atom stereocenters. The summed E-state index contributed by atoms with van der Waals surface area (Å²) in [5, 5.41) is 0.0206. The second-order valence-electron chi connectivity index (χ2n) is 3.90. The molecule has 0 aliphatic carbocycles. The van der Waals surface area contributed by atoms with Crippen molar-refractivity contribution in [3.63, 3.8) is 0 Å². The van der Waals surface area contributed by atoms with E-state index >= 15 is 0 Å². The highest BCUT2D eigenvalue weighted by Gasteiger charge is 2.18. The molecule has 0 saturated heterocycles. The van der Waals surface area contributed by atoms with Crippen molar-refractivity contribution in [3.05, 3.63) is 33.8 Å². The van der Waals surface area contributed by atoms with Gasteiger partial charge in [0.05, 0.1) is 24.9 Å². The fourth-order valence-electron chi connectivity index (χ4n) is 1.71. The summed E-state index contributed by atoms with van der Waals surface area (Å²) in [5.41, 5.74) is 0.625. The van der Waals surface area contributed by atoms with E-state index in [-0.39, 0.29) is 21.7 Å². The van der Waals surface area contributed by atoms with Gasteiger partial charge in [0.2, 0.25) is 0 Å². The molecule has 2 rings (SSSR count). The van der Waals surface area contributed by atoms with Crippen LogP contribution in [0.3, 0.4) is 0 Å². The van der Waals surface area contributed by atoms with Crippen LogP contribution in [-0.2, 0) is 0 Å². The molecule has 0 aliphatic heterocycles. The first kappa shape index (κ1) is 14.8. The summed E-state index contributed by atoms with van der Waals surface area (Å²) in [6, 6.07) is 3.32. The van der Waals surface area contributed by atoms with Gasteiger partial charge in [-0.3, -0.25) is 0 Å². The van der Waals surface area contributed by atoms with E-state index in [0.717, 1.165) is 0 Å². The molecule has 0 unspecified atom stereocenters. The summed E-state index contributed by atoms with van der Waals surface area (Å²) < 4.78 is 23.8. The molecule has 1 heterocycles. The zero-order valence-corrected chi connectivity index (χ0v) is 12.5. The van der Waals surface area contributed by atoms with Crippen LogP contribution in [0.4, 0.5) is 4.39 Å². The van der Waals surface area contributed by atoms with Gasteiger partial charge in [-0.25, -0.2) is 14.4 Å². The Morgan fingerprint density at radius 3 is 2.35 bits per heavy atom.